The van der Waals surface area contributed by atoms with Crippen LogP contribution >= 0.6 is 22.9 Å². The van der Waals surface area contributed by atoms with Crippen LogP contribution in [-0.2, 0) is 14.3 Å². The number of methoxy groups -OCH3 is 1. The highest BCUT2D eigenvalue weighted by molar-refractivity contribution is 7.07. The number of benzene rings is 3. The number of halogens is 1. The van der Waals surface area contributed by atoms with E-state index in [9.17, 15) is 14.4 Å². The highest BCUT2D eigenvalue weighted by Gasteiger charge is 2.33. The van der Waals surface area contributed by atoms with Gasteiger partial charge in [-0.1, -0.05) is 65.4 Å². The molecule has 0 radical (unpaired) electrons. The summed E-state index contributed by atoms with van der Waals surface area (Å²) in [5, 5.41) is 5.45. The summed E-state index contributed by atoms with van der Waals surface area (Å²) in [6.45, 7) is 3.03. The second kappa shape index (κ2) is 11.9. The molecule has 0 unspecified atom stereocenters. The molecule has 9 nitrogen and oxygen atoms in total. The summed E-state index contributed by atoms with van der Waals surface area (Å²) in [5.74, 6) is -0.701. The molecule has 5 aromatic rings. The Labute approximate surface area is 260 Å². The molecule has 220 valence electrons. The Morgan fingerprint density at radius 1 is 1.00 bits per heavy atom. The number of hydrogen-bond donors (Lipinski definition) is 0. The van der Waals surface area contributed by atoms with Crippen LogP contribution in [0.4, 0.5) is 0 Å². The van der Waals surface area contributed by atoms with Crippen molar-refractivity contribution in [2.45, 2.75) is 19.9 Å². The highest BCUT2D eigenvalue weighted by atomic mass is 35.5. The van der Waals surface area contributed by atoms with Gasteiger partial charge in [0, 0.05) is 29.3 Å². The van der Waals surface area contributed by atoms with E-state index < -0.39 is 18.0 Å². The fourth-order valence-electron chi connectivity index (χ4n) is 5.07. The van der Waals surface area contributed by atoms with Crippen LogP contribution in [0.3, 0.4) is 0 Å². The zero-order valence-electron chi connectivity index (χ0n) is 23.9. The lowest BCUT2D eigenvalue weighted by molar-refractivity contribution is -0.136. The minimum absolute atomic E-state index is 0.241. The van der Waals surface area contributed by atoms with Crippen LogP contribution in [0.1, 0.15) is 31.0 Å². The van der Waals surface area contributed by atoms with Crippen LogP contribution in [-0.4, -0.2) is 33.4 Å². The van der Waals surface area contributed by atoms with E-state index in [-0.39, 0.29) is 11.1 Å². The van der Waals surface area contributed by atoms with Crippen LogP contribution in [0.5, 0.6) is 5.75 Å². The summed E-state index contributed by atoms with van der Waals surface area (Å²) in [6, 6.07) is 22.9. The predicted octanol–water partition coefficient (Wildman–Crippen LogP) is 4.84. The topological polar surface area (TPSA) is 105 Å². The number of thiazole rings is 1. The Hall–Kier alpha value is -5.06. The lowest BCUT2D eigenvalue weighted by Gasteiger charge is -2.24. The van der Waals surface area contributed by atoms with E-state index in [0.29, 0.717) is 42.6 Å². The first-order chi connectivity index (χ1) is 21.2. The molecule has 0 fully saturated rings. The SMILES string of the molecule is COC(=O)C1=C(C)N=c2s/c(=C\c3cn(-c4ccccc4)nc3-c3ccc(Cl)cc3)c(=O)n2[C@@H]1c1ccc(OC(C)=O)cc1. The quantitative estimate of drug-likeness (QED) is 0.198. The monoisotopic (exact) mass is 624 g/mol. The summed E-state index contributed by atoms with van der Waals surface area (Å²) in [6.07, 6.45) is 3.66. The van der Waals surface area contributed by atoms with Gasteiger partial charge in [0.15, 0.2) is 4.80 Å². The second-order valence-corrected chi connectivity index (χ2v) is 11.4. The van der Waals surface area contributed by atoms with Gasteiger partial charge < -0.3 is 9.47 Å². The maximum Gasteiger partial charge on any atom is 0.338 e. The third-order valence-electron chi connectivity index (χ3n) is 7.05. The molecule has 1 atom stereocenters. The molecule has 0 amide bonds. The largest absolute Gasteiger partial charge is 0.466 e. The zero-order valence-corrected chi connectivity index (χ0v) is 25.4. The molecule has 44 heavy (non-hydrogen) atoms. The van der Waals surface area contributed by atoms with E-state index in [2.05, 4.69) is 4.99 Å². The fourth-order valence-corrected chi connectivity index (χ4v) is 6.23. The standard InChI is InChI=1S/C33H25ClN4O5S/c1-19-28(32(41)42-3)30(22-11-15-26(16-12-22)43-20(2)39)38-31(40)27(44-33(38)35-19)17-23-18-37(25-7-5-4-6-8-25)36-29(23)21-9-13-24(34)14-10-21/h4-18,30H,1-3H3/b27-17-/t30-/m1/s1. The molecule has 0 saturated heterocycles. The minimum atomic E-state index is -0.810. The number of para-hydroxylation sites is 1. The van der Waals surface area contributed by atoms with E-state index in [0.717, 1.165) is 11.3 Å². The van der Waals surface area contributed by atoms with E-state index in [1.165, 1.54) is 29.9 Å². The molecule has 0 spiro atoms. The Morgan fingerprint density at radius 2 is 1.70 bits per heavy atom. The van der Waals surface area contributed by atoms with E-state index in [1.807, 2.05) is 48.7 Å². The van der Waals surface area contributed by atoms with Gasteiger partial charge in [0.25, 0.3) is 5.56 Å². The van der Waals surface area contributed by atoms with Crippen molar-refractivity contribution in [3.63, 3.8) is 0 Å². The Morgan fingerprint density at radius 3 is 2.36 bits per heavy atom. The Bertz CT molecular complexity index is 2110. The van der Waals surface area contributed by atoms with Crippen molar-refractivity contribution in [3.8, 4) is 22.7 Å². The molecule has 11 heteroatoms. The average molecular weight is 625 g/mol. The molecular weight excluding hydrogens is 600 g/mol. The molecule has 3 heterocycles. The number of esters is 2. The van der Waals surface area contributed by atoms with Gasteiger partial charge in [0.05, 0.1) is 34.6 Å². The number of rotatable bonds is 6. The summed E-state index contributed by atoms with van der Waals surface area (Å²) in [5.41, 5.74) is 4.06. The van der Waals surface area contributed by atoms with Gasteiger partial charge in [-0.05, 0) is 55.0 Å². The molecule has 0 saturated carbocycles. The zero-order chi connectivity index (χ0) is 31.0. The van der Waals surface area contributed by atoms with E-state index in [1.54, 1.807) is 54.1 Å². The summed E-state index contributed by atoms with van der Waals surface area (Å²) < 4.78 is 13.9. The van der Waals surface area contributed by atoms with Gasteiger partial charge in [0.1, 0.15) is 11.4 Å². The summed E-state index contributed by atoms with van der Waals surface area (Å²) in [7, 11) is 1.29. The molecule has 6 rings (SSSR count). The van der Waals surface area contributed by atoms with Gasteiger partial charge >= 0.3 is 11.9 Å². The average Bonchev–Trinajstić information content (AvgIpc) is 3.57. The smallest absolute Gasteiger partial charge is 0.338 e. The number of carbonyl (C=O) groups is 2. The lowest BCUT2D eigenvalue weighted by atomic mass is 9.96. The molecule has 2 aromatic heterocycles. The van der Waals surface area contributed by atoms with Crippen LogP contribution in [0, 0.1) is 0 Å². The maximum absolute atomic E-state index is 14.1. The number of allylic oxidation sites excluding steroid dienone is 1. The van der Waals surface area contributed by atoms with Crippen molar-refractivity contribution < 1.29 is 19.1 Å². The van der Waals surface area contributed by atoms with Crippen molar-refractivity contribution in [1.29, 1.82) is 0 Å². The van der Waals surface area contributed by atoms with Crippen molar-refractivity contribution >= 4 is 41.0 Å². The normalized spacial score (nSPS) is 14.6. The first kappa shape index (κ1) is 29.0. The number of hydrogen-bond acceptors (Lipinski definition) is 8. The number of nitrogens with zero attached hydrogens (tertiary/aromatic N) is 4. The second-order valence-electron chi connectivity index (χ2n) is 9.96. The number of carbonyl (C=O) groups excluding carboxylic acids is 2. The van der Waals surface area contributed by atoms with Gasteiger partial charge in [0.2, 0.25) is 0 Å². The molecule has 0 aliphatic carbocycles. The third kappa shape index (κ3) is 5.52. The van der Waals surface area contributed by atoms with Crippen molar-refractivity contribution in [1.82, 2.24) is 14.3 Å². The fraction of sp³-hybridized carbons (Fsp3) is 0.121. The third-order valence-corrected chi connectivity index (χ3v) is 8.29. The molecule has 0 N–H and O–H groups in total. The first-order valence-corrected chi connectivity index (χ1v) is 14.7. The van der Waals surface area contributed by atoms with Crippen molar-refractivity contribution in [2.75, 3.05) is 7.11 Å². The molecule has 1 aliphatic rings. The minimum Gasteiger partial charge on any atom is -0.466 e. The molecule has 3 aromatic carbocycles. The van der Waals surface area contributed by atoms with Crippen LogP contribution < -0.4 is 19.6 Å². The number of ether oxygens (including phenoxy) is 2. The van der Waals surface area contributed by atoms with Crippen LogP contribution in [0.15, 0.2) is 106 Å². The van der Waals surface area contributed by atoms with Crippen molar-refractivity contribution in [3.05, 3.63) is 132 Å². The Balaban J connectivity index is 1.53. The van der Waals surface area contributed by atoms with E-state index >= 15 is 0 Å². The number of fused-ring (bicyclic) bond motifs is 1. The number of aromatic nitrogens is 3. The first-order valence-electron chi connectivity index (χ1n) is 13.5. The maximum atomic E-state index is 14.1. The highest BCUT2D eigenvalue weighted by Crippen LogP contribution is 2.32. The van der Waals surface area contributed by atoms with Gasteiger partial charge in [-0.3, -0.25) is 14.2 Å². The van der Waals surface area contributed by atoms with Crippen LogP contribution in [0.25, 0.3) is 23.0 Å². The van der Waals surface area contributed by atoms with Gasteiger partial charge in [-0.25, -0.2) is 14.5 Å². The van der Waals surface area contributed by atoms with E-state index in [4.69, 9.17) is 26.2 Å². The molecule has 1 aliphatic heterocycles. The molecular formula is C33H25ClN4O5S. The van der Waals surface area contributed by atoms with Crippen LogP contribution in [0.2, 0.25) is 5.02 Å². The van der Waals surface area contributed by atoms with Gasteiger partial charge in [-0.2, -0.15) is 5.10 Å². The lowest BCUT2D eigenvalue weighted by Crippen LogP contribution is -2.39. The van der Waals surface area contributed by atoms with Crippen molar-refractivity contribution in [2.24, 2.45) is 4.99 Å². The Kier molecular flexibility index (Phi) is 7.86. The summed E-state index contributed by atoms with van der Waals surface area (Å²) in [4.78, 5) is 43.6. The summed E-state index contributed by atoms with van der Waals surface area (Å²) >= 11 is 7.37. The predicted molar refractivity (Wildman–Crippen MR) is 168 cm³/mol. The molecule has 0 bridgehead atoms. The van der Waals surface area contributed by atoms with Gasteiger partial charge in [-0.15, -0.1) is 0 Å².